The summed E-state index contributed by atoms with van der Waals surface area (Å²) in [5.41, 5.74) is 2.14. The van der Waals surface area contributed by atoms with E-state index in [1.165, 1.54) is 6.92 Å². The minimum Gasteiger partial charge on any atom is -0.330 e. The molecule has 0 N–H and O–H groups in total. The molecule has 0 spiro atoms. The molecular weight excluding hydrogens is 341 g/mol. The van der Waals surface area contributed by atoms with Gasteiger partial charge in [-0.1, -0.05) is 48.5 Å². The Hall–Kier alpha value is -2.89. The number of halogens is 3. The van der Waals surface area contributed by atoms with Crippen LogP contribution in [0.15, 0.2) is 60.7 Å². The van der Waals surface area contributed by atoms with Crippen molar-refractivity contribution in [2.75, 3.05) is 13.1 Å². The zero-order valence-electron chi connectivity index (χ0n) is 14.1. The fraction of sp³-hybridized carbons (Fsp3) is 0.200. The Bertz CT molecular complexity index is 923. The lowest BCUT2D eigenvalue weighted by Gasteiger charge is -2.23. The summed E-state index contributed by atoms with van der Waals surface area (Å²) in [4.78, 5) is 18.2. The topological polar surface area (TPSA) is 33.2 Å². The second-order valence-corrected chi connectivity index (χ2v) is 5.87. The van der Waals surface area contributed by atoms with Gasteiger partial charge in [0, 0.05) is 17.5 Å². The molecule has 0 atom stereocenters. The first-order valence-electron chi connectivity index (χ1n) is 8.20. The van der Waals surface area contributed by atoms with Crippen molar-refractivity contribution in [1.29, 1.82) is 0 Å². The molecule has 3 rings (SSSR count). The molecule has 0 fully saturated rings. The van der Waals surface area contributed by atoms with Gasteiger partial charge in [0.25, 0.3) is 5.91 Å². The molecule has 6 heteroatoms. The summed E-state index contributed by atoms with van der Waals surface area (Å²) in [6.45, 7) is 0.223. The Labute approximate surface area is 149 Å². The Morgan fingerprint density at radius 1 is 1.04 bits per heavy atom. The van der Waals surface area contributed by atoms with Crippen LogP contribution in [0.1, 0.15) is 17.3 Å². The average Bonchev–Trinajstić information content (AvgIpc) is 2.64. The van der Waals surface area contributed by atoms with Crippen molar-refractivity contribution in [2.24, 2.45) is 0 Å². The minimum absolute atomic E-state index is 0.0321. The SMILES string of the molecule is CCN(CC(F)(F)F)C(=O)c1cc(-c2ccccc2)nc2ccccc12. The maximum Gasteiger partial charge on any atom is 0.406 e. The van der Waals surface area contributed by atoms with Gasteiger partial charge in [0.15, 0.2) is 0 Å². The molecule has 1 aromatic heterocycles. The van der Waals surface area contributed by atoms with Crippen LogP contribution in [0, 0.1) is 0 Å². The predicted molar refractivity (Wildman–Crippen MR) is 94.8 cm³/mol. The number of amides is 1. The standard InChI is InChI=1S/C20H17F3N2O/c1-2-25(13-20(21,22)23)19(26)16-12-18(14-8-4-3-5-9-14)24-17-11-7-6-10-15(16)17/h3-12H,2,13H2,1H3. The van der Waals surface area contributed by atoms with Crippen LogP contribution in [0.4, 0.5) is 13.2 Å². The summed E-state index contributed by atoms with van der Waals surface area (Å²) in [7, 11) is 0. The highest BCUT2D eigenvalue weighted by molar-refractivity contribution is 6.07. The summed E-state index contributed by atoms with van der Waals surface area (Å²) >= 11 is 0. The number of alkyl halides is 3. The van der Waals surface area contributed by atoms with Gasteiger partial charge in [0.2, 0.25) is 0 Å². The maximum atomic E-state index is 12.8. The zero-order valence-corrected chi connectivity index (χ0v) is 14.1. The average molecular weight is 358 g/mol. The number of benzene rings is 2. The number of carbonyl (C=O) groups excluding carboxylic acids is 1. The van der Waals surface area contributed by atoms with E-state index in [0.717, 1.165) is 10.5 Å². The Balaban J connectivity index is 2.13. The first-order valence-corrected chi connectivity index (χ1v) is 8.20. The molecular formula is C20H17F3N2O. The van der Waals surface area contributed by atoms with Crippen molar-refractivity contribution in [3.05, 3.63) is 66.2 Å². The summed E-state index contributed by atoms with van der Waals surface area (Å²) in [5.74, 6) is -0.652. The van der Waals surface area contributed by atoms with Gasteiger partial charge in [-0.05, 0) is 19.1 Å². The minimum atomic E-state index is -4.45. The number of pyridine rings is 1. The lowest BCUT2D eigenvalue weighted by Crippen LogP contribution is -2.38. The molecule has 0 radical (unpaired) electrons. The van der Waals surface area contributed by atoms with Crippen LogP contribution in [0.3, 0.4) is 0 Å². The summed E-state index contributed by atoms with van der Waals surface area (Å²) in [5, 5.41) is 0.540. The van der Waals surface area contributed by atoms with E-state index in [1.807, 2.05) is 30.3 Å². The third-order valence-corrected chi connectivity index (χ3v) is 4.06. The molecule has 0 bridgehead atoms. The quantitative estimate of drug-likeness (QED) is 0.663. The van der Waals surface area contributed by atoms with Gasteiger partial charge in [0.1, 0.15) is 6.54 Å². The predicted octanol–water partition coefficient (Wildman–Crippen LogP) is 4.93. The molecule has 3 nitrogen and oxygen atoms in total. The van der Waals surface area contributed by atoms with E-state index in [2.05, 4.69) is 4.98 Å². The highest BCUT2D eigenvalue weighted by atomic mass is 19.4. The molecule has 0 unspecified atom stereocenters. The second kappa shape index (κ2) is 7.15. The Morgan fingerprint density at radius 3 is 2.35 bits per heavy atom. The van der Waals surface area contributed by atoms with E-state index in [4.69, 9.17) is 0 Å². The van der Waals surface area contributed by atoms with Gasteiger partial charge in [-0.2, -0.15) is 13.2 Å². The van der Waals surface area contributed by atoms with Gasteiger partial charge in [0.05, 0.1) is 16.8 Å². The Kier molecular flexibility index (Phi) is 4.93. The summed E-state index contributed by atoms with van der Waals surface area (Å²) in [6, 6.07) is 17.8. The third-order valence-electron chi connectivity index (χ3n) is 4.06. The van der Waals surface area contributed by atoms with Crippen LogP contribution in [0.5, 0.6) is 0 Å². The molecule has 0 aliphatic carbocycles. The third kappa shape index (κ3) is 3.85. The largest absolute Gasteiger partial charge is 0.406 e. The first-order chi connectivity index (χ1) is 12.4. The number of fused-ring (bicyclic) bond motifs is 1. The molecule has 1 amide bonds. The van der Waals surface area contributed by atoms with Crippen LogP contribution in [0.25, 0.3) is 22.2 Å². The van der Waals surface area contributed by atoms with Crippen molar-refractivity contribution < 1.29 is 18.0 Å². The van der Waals surface area contributed by atoms with Gasteiger partial charge in [-0.15, -0.1) is 0 Å². The number of para-hydroxylation sites is 1. The van der Waals surface area contributed by atoms with Crippen LogP contribution in [-0.2, 0) is 0 Å². The molecule has 0 saturated carbocycles. The van der Waals surface area contributed by atoms with Crippen molar-refractivity contribution in [1.82, 2.24) is 9.88 Å². The van der Waals surface area contributed by atoms with Gasteiger partial charge in [-0.3, -0.25) is 4.79 Å². The lowest BCUT2D eigenvalue weighted by molar-refractivity contribution is -0.140. The molecule has 1 heterocycles. The number of carbonyl (C=O) groups is 1. The Morgan fingerprint density at radius 2 is 1.69 bits per heavy atom. The fourth-order valence-corrected chi connectivity index (χ4v) is 2.82. The van der Waals surface area contributed by atoms with E-state index in [9.17, 15) is 18.0 Å². The lowest BCUT2D eigenvalue weighted by atomic mass is 10.0. The number of aromatic nitrogens is 1. The van der Waals surface area contributed by atoms with E-state index in [1.54, 1.807) is 30.3 Å². The summed E-state index contributed by atoms with van der Waals surface area (Å²) < 4.78 is 38.5. The van der Waals surface area contributed by atoms with Crippen LogP contribution >= 0.6 is 0 Å². The van der Waals surface area contributed by atoms with E-state index in [-0.39, 0.29) is 12.1 Å². The highest BCUT2D eigenvalue weighted by Gasteiger charge is 2.33. The number of nitrogens with zero attached hydrogens (tertiary/aromatic N) is 2. The van der Waals surface area contributed by atoms with Crippen molar-refractivity contribution in [3.8, 4) is 11.3 Å². The smallest absolute Gasteiger partial charge is 0.330 e. The monoisotopic (exact) mass is 358 g/mol. The van der Waals surface area contributed by atoms with E-state index >= 15 is 0 Å². The molecule has 3 aromatic rings. The fourth-order valence-electron chi connectivity index (χ4n) is 2.82. The van der Waals surface area contributed by atoms with Crippen LogP contribution in [0.2, 0.25) is 0 Å². The van der Waals surface area contributed by atoms with E-state index in [0.29, 0.717) is 16.6 Å². The number of hydrogen-bond acceptors (Lipinski definition) is 2. The molecule has 134 valence electrons. The van der Waals surface area contributed by atoms with Gasteiger partial charge in [-0.25, -0.2) is 4.98 Å². The normalized spacial score (nSPS) is 11.5. The second-order valence-electron chi connectivity index (χ2n) is 5.87. The zero-order chi connectivity index (χ0) is 18.7. The van der Waals surface area contributed by atoms with Crippen molar-refractivity contribution >= 4 is 16.8 Å². The first kappa shape index (κ1) is 17.9. The number of rotatable bonds is 4. The van der Waals surface area contributed by atoms with Crippen LogP contribution in [-0.4, -0.2) is 35.1 Å². The summed E-state index contributed by atoms with van der Waals surface area (Å²) in [6.07, 6.45) is -4.45. The molecule has 2 aromatic carbocycles. The van der Waals surface area contributed by atoms with Gasteiger partial charge < -0.3 is 4.90 Å². The molecule has 0 aliphatic heterocycles. The van der Waals surface area contributed by atoms with Gasteiger partial charge >= 0.3 is 6.18 Å². The molecule has 26 heavy (non-hydrogen) atoms. The molecule has 0 saturated heterocycles. The highest BCUT2D eigenvalue weighted by Crippen LogP contribution is 2.27. The van der Waals surface area contributed by atoms with Crippen LogP contribution < -0.4 is 0 Å². The number of hydrogen-bond donors (Lipinski definition) is 0. The van der Waals surface area contributed by atoms with Crippen molar-refractivity contribution in [3.63, 3.8) is 0 Å². The van der Waals surface area contributed by atoms with E-state index < -0.39 is 18.6 Å². The van der Waals surface area contributed by atoms with Crippen molar-refractivity contribution in [2.45, 2.75) is 13.1 Å². The molecule has 0 aliphatic rings. The maximum absolute atomic E-state index is 12.8.